The molecule has 3 rings (SSSR count). The summed E-state index contributed by atoms with van der Waals surface area (Å²) in [5, 5.41) is 4.47. The van der Waals surface area contributed by atoms with Gasteiger partial charge in [-0.3, -0.25) is 0 Å². The van der Waals surface area contributed by atoms with Crippen molar-refractivity contribution in [1.29, 1.82) is 0 Å². The van der Waals surface area contributed by atoms with E-state index in [0.29, 0.717) is 6.42 Å². The van der Waals surface area contributed by atoms with Gasteiger partial charge in [0.2, 0.25) is 0 Å². The number of ether oxygens (including phenoxy) is 1. The van der Waals surface area contributed by atoms with E-state index >= 15 is 0 Å². The molecule has 0 aliphatic heterocycles. The topological polar surface area (TPSA) is 26.3 Å². The quantitative estimate of drug-likeness (QED) is 0.163. The fourth-order valence-electron chi connectivity index (χ4n) is 4.57. The van der Waals surface area contributed by atoms with Crippen LogP contribution in [0.3, 0.4) is 0 Å². The van der Waals surface area contributed by atoms with Gasteiger partial charge in [-0.05, 0) is 0 Å². The van der Waals surface area contributed by atoms with Gasteiger partial charge in [0.15, 0.2) is 0 Å². The molecule has 32 heavy (non-hydrogen) atoms. The Labute approximate surface area is 204 Å². The summed E-state index contributed by atoms with van der Waals surface area (Å²) < 4.78 is 4.72. The molecule has 3 aromatic carbocycles. The van der Waals surface area contributed by atoms with Crippen LogP contribution >= 0.6 is 24.2 Å². The molecule has 0 aromatic heterocycles. The summed E-state index contributed by atoms with van der Waals surface area (Å²) >= 11 is 0. The Hall–Kier alpha value is -1.96. The minimum atomic E-state index is -2.08. The molecule has 0 aliphatic carbocycles. The van der Waals surface area contributed by atoms with Gasteiger partial charge in [0.25, 0.3) is 0 Å². The summed E-state index contributed by atoms with van der Waals surface area (Å²) in [6.07, 6.45) is 8.67. The molecule has 2 nitrogen and oxygen atoms in total. The predicted octanol–water partition coefficient (Wildman–Crippen LogP) is 6.19. The van der Waals surface area contributed by atoms with Gasteiger partial charge in [0.05, 0.1) is 0 Å². The summed E-state index contributed by atoms with van der Waals surface area (Å²) in [5.74, 6) is -0.0932. The number of rotatable bonds is 12. The van der Waals surface area contributed by atoms with Crippen LogP contribution in [-0.2, 0) is 9.53 Å². The number of methoxy groups -OCH3 is 1. The van der Waals surface area contributed by atoms with Gasteiger partial charge in [-0.15, -0.1) is 17.0 Å². The van der Waals surface area contributed by atoms with Gasteiger partial charge in [-0.1, -0.05) is 0 Å². The number of halogens is 1. The molecule has 0 bridgehead atoms. The third-order valence-electron chi connectivity index (χ3n) is 6.21. The van der Waals surface area contributed by atoms with Crippen molar-refractivity contribution in [3.63, 3.8) is 0 Å². The molecule has 0 radical (unpaired) electrons. The Kier molecular flexibility index (Phi) is 11.7. The van der Waals surface area contributed by atoms with Crippen molar-refractivity contribution in [2.75, 3.05) is 13.3 Å². The van der Waals surface area contributed by atoms with E-state index in [4.69, 9.17) is 4.74 Å². The van der Waals surface area contributed by atoms with Crippen LogP contribution in [0, 0.1) is 0 Å². The van der Waals surface area contributed by atoms with E-state index in [1.54, 1.807) is 0 Å². The van der Waals surface area contributed by atoms with E-state index < -0.39 is 7.26 Å². The first kappa shape index (κ1) is 26.3. The zero-order chi connectivity index (χ0) is 21.8. The molecular weight excluding hydrogens is 479 g/mol. The van der Waals surface area contributed by atoms with E-state index in [9.17, 15) is 4.79 Å². The zero-order valence-electron chi connectivity index (χ0n) is 19.0. The summed E-state index contributed by atoms with van der Waals surface area (Å²) in [5.41, 5.74) is 0. The second-order valence-corrected chi connectivity index (χ2v) is 12.2. The van der Waals surface area contributed by atoms with Crippen LogP contribution in [0.2, 0.25) is 0 Å². The molecule has 0 spiro atoms. The molecular formula is C28H36BrO2P. The monoisotopic (exact) mass is 514 g/mol. The first-order valence-corrected chi connectivity index (χ1v) is 13.7. The van der Waals surface area contributed by atoms with Gasteiger partial charge in [0.1, 0.15) is 0 Å². The number of carbonyl (C=O) groups excluding carboxylic acids is 1. The summed E-state index contributed by atoms with van der Waals surface area (Å²) in [4.78, 5) is 11.2. The van der Waals surface area contributed by atoms with Gasteiger partial charge >= 0.3 is 188 Å². The number of benzene rings is 3. The molecule has 0 atom stereocenters. The molecule has 0 amide bonds. The van der Waals surface area contributed by atoms with Crippen molar-refractivity contribution < 1.29 is 9.53 Å². The Morgan fingerprint density at radius 1 is 0.625 bits per heavy atom. The number of unbranched alkanes of at least 4 members (excludes halogenated alkanes) is 5. The van der Waals surface area contributed by atoms with E-state index in [1.165, 1.54) is 54.9 Å². The van der Waals surface area contributed by atoms with E-state index in [1.807, 2.05) is 0 Å². The fourth-order valence-corrected chi connectivity index (χ4v) is 9.50. The normalized spacial score (nSPS) is 11.4. The number of carbonyl (C=O) groups is 1. The van der Waals surface area contributed by atoms with Crippen LogP contribution in [0.15, 0.2) is 91.0 Å². The second kappa shape index (κ2) is 14.2. The second-order valence-electron chi connectivity index (χ2n) is 8.20. The molecule has 0 saturated heterocycles. The van der Waals surface area contributed by atoms with Crippen molar-refractivity contribution in [2.45, 2.75) is 44.9 Å². The van der Waals surface area contributed by atoms with Gasteiger partial charge in [-0.25, -0.2) is 0 Å². The SMILES string of the molecule is Br.COC(=O)CCCCCCCC[PH](c1ccccc1)(c1ccccc1)c1ccccc1. The van der Waals surface area contributed by atoms with E-state index in [0.717, 1.165) is 12.8 Å². The van der Waals surface area contributed by atoms with Gasteiger partial charge in [0, 0.05) is 0 Å². The Bertz CT molecular complexity index is 804. The molecule has 0 saturated carbocycles. The summed E-state index contributed by atoms with van der Waals surface area (Å²) in [7, 11) is -0.617. The molecule has 0 aliphatic rings. The van der Waals surface area contributed by atoms with Crippen LogP contribution in [0.4, 0.5) is 0 Å². The van der Waals surface area contributed by atoms with Crippen LogP contribution in [0.1, 0.15) is 44.9 Å². The zero-order valence-corrected chi connectivity index (χ0v) is 21.8. The van der Waals surface area contributed by atoms with Gasteiger partial charge < -0.3 is 0 Å². The van der Waals surface area contributed by atoms with Crippen molar-refractivity contribution >= 4 is 46.1 Å². The summed E-state index contributed by atoms with van der Waals surface area (Å²) in [6, 6.07) is 33.5. The number of hydrogen-bond acceptors (Lipinski definition) is 2. The molecule has 0 N–H and O–H groups in total. The molecule has 0 unspecified atom stereocenters. The van der Waals surface area contributed by atoms with Crippen LogP contribution < -0.4 is 15.9 Å². The predicted molar refractivity (Wildman–Crippen MR) is 146 cm³/mol. The molecule has 3 aromatic rings. The molecule has 172 valence electrons. The van der Waals surface area contributed by atoms with E-state index in [-0.39, 0.29) is 23.0 Å². The maximum atomic E-state index is 11.2. The molecule has 0 heterocycles. The van der Waals surface area contributed by atoms with Crippen LogP contribution in [0.5, 0.6) is 0 Å². The van der Waals surface area contributed by atoms with Crippen molar-refractivity contribution in [1.82, 2.24) is 0 Å². The first-order valence-electron chi connectivity index (χ1n) is 11.5. The number of hydrogen-bond donors (Lipinski definition) is 0. The Balaban J connectivity index is 0.00000363. The fraction of sp³-hybridized carbons (Fsp3) is 0.321. The minimum absolute atomic E-state index is 0. The third kappa shape index (κ3) is 7.02. The average molecular weight is 515 g/mol. The number of esters is 1. The van der Waals surface area contributed by atoms with Crippen LogP contribution in [-0.4, -0.2) is 19.2 Å². The van der Waals surface area contributed by atoms with Crippen molar-refractivity contribution in [2.24, 2.45) is 0 Å². The maximum absolute atomic E-state index is 11.2. The first-order chi connectivity index (χ1) is 15.3. The Morgan fingerprint density at radius 3 is 1.41 bits per heavy atom. The molecule has 0 fully saturated rings. The van der Waals surface area contributed by atoms with E-state index in [2.05, 4.69) is 91.0 Å². The van der Waals surface area contributed by atoms with Gasteiger partial charge in [-0.2, -0.15) is 0 Å². The van der Waals surface area contributed by atoms with Crippen molar-refractivity contribution in [3.05, 3.63) is 91.0 Å². The van der Waals surface area contributed by atoms with Crippen LogP contribution in [0.25, 0.3) is 0 Å². The molecule has 4 heteroatoms. The summed E-state index contributed by atoms with van der Waals surface area (Å²) in [6.45, 7) is 0. The van der Waals surface area contributed by atoms with Crippen molar-refractivity contribution in [3.8, 4) is 0 Å². The Morgan fingerprint density at radius 2 is 1.00 bits per heavy atom. The standard InChI is InChI=1S/C28H35O2P.BrH/c1-30-28(29)23-15-4-2-3-5-16-24-31(25-17-9-6-10-18-25,26-19-11-7-12-20-26)27-21-13-8-14-22-27;/h6-14,17-22,31H,2-5,15-16,23-24H2,1H3;1H. The average Bonchev–Trinajstić information content (AvgIpc) is 2.85. The third-order valence-corrected chi connectivity index (χ3v) is 11.3.